The molecule has 0 spiro atoms. The molecule has 0 saturated heterocycles. The Bertz CT molecular complexity index is 1400. The average molecular weight is 517 g/mol. The van der Waals surface area contributed by atoms with E-state index in [1.54, 1.807) is 28.8 Å². The van der Waals surface area contributed by atoms with Gasteiger partial charge in [0.05, 0.1) is 29.1 Å². The summed E-state index contributed by atoms with van der Waals surface area (Å²) in [5.74, 6) is 0.198. The highest BCUT2D eigenvalue weighted by molar-refractivity contribution is 7.99. The summed E-state index contributed by atoms with van der Waals surface area (Å²) < 4.78 is 12.4. The number of nitrogens with one attached hydrogen (secondary N) is 1. The van der Waals surface area contributed by atoms with Crippen molar-refractivity contribution in [1.29, 1.82) is 0 Å². The minimum atomic E-state index is -0.528. The van der Waals surface area contributed by atoms with Crippen molar-refractivity contribution in [2.24, 2.45) is 0 Å². The predicted molar refractivity (Wildman–Crippen MR) is 133 cm³/mol. The number of nitrogens with zero attached hydrogens (tertiary/aromatic N) is 3. The molecule has 0 unspecified atom stereocenters. The van der Waals surface area contributed by atoms with Crippen LogP contribution in [-0.2, 0) is 16.1 Å². The Balaban J connectivity index is 1.51. The van der Waals surface area contributed by atoms with Gasteiger partial charge in [0.15, 0.2) is 10.9 Å². The maximum absolute atomic E-state index is 12.6. The van der Waals surface area contributed by atoms with Crippen LogP contribution in [0.5, 0.6) is 0 Å². The molecule has 0 aliphatic carbocycles. The van der Waals surface area contributed by atoms with Gasteiger partial charge in [-0.1, -0.05) is 41.0 Å². The third-order valence-electron chi connectivity index (χ3n) is 4.72. The van der Waals surface area contributed by atoms with Crippen LogP contribution in [0.25, 0.3) is 22.6 Å². The van der Waals surface area contributed by atoms with Crippen LogP contribution in [0.4, 0.5) is 5.69 Å². The van der Waals surface area contributed by atoms with Crippen molar-refractivity contribution in [1.82, 2.24) is 14.8 Å². The van der Waals surface area contributed by atoms with Crippen LogP contribution in [0.15, 0.2) is 64.7 Å². The second-order valence-corrected chi connectivity index (χ2v) is 8.81. The van der Waals surface area contributed by atoms with Gasteiger partial charge < -0.3 is 14.5 Å². The molecule has 1 amide bonds. The molecule has 11 heteroatoms. The number of benzene rings is 2. The zero-order valence-electron chi connectivity index (χ0n) is 17.9. The zero-order chi connectivity index (χ0) is 24.2. The molecule has 2 aromatic carbocycles. The lowest BCUT2D eigenvalue weighted by atomic mass is 10.2. The molecule has 0 aliphatic rings. The molecule has 0 aliphatic heterocycles. The van der Waals surface area contributed by atoms with E-state index in [4.69, 9.17) is 32.4 Å². The van der Waals surface area contributed by atoms with E-state index in [2.05, 4.69) is 22.1 Å². The fourth-order valence-corrected chi connectivity index (χ4v) is 4.27. The fraction of sp³-hybridized carbons (Fsp3) is 0.130. The predicted octanol–water partition coefficient (Wildman–Crippen LogP) is 5.70. The van der Waals surface area contributed by atoms with Gasteiger partial charge in [0.1, 0.15) is 5.58 Å². The molecule has 4 rings (SSSR count). The van der Waals surface area contributed by atoms with Crippen LogP contribution >= 0.6 is 35.0 Å². The third-order valence-corrected chi connectivity index (χ3v) is 6.25. The number of hydrogen-bond donors (Lipinski definition) is 1. The number of furan rings is 1. The number of amides is 1. The number of rotatable bonds is 8. The second kappa shape index (κ2) is 10.3. The first-order valence-electron chi connectivity index (χ1n) is 9.93. The largest absolute Gasteiger partial charge is 0.465 e. The van der Waals surface area contributed by atoms with E-state index >= 15 is 0 Å². The Labute approximate surface area is 208 Å². The van der Waals surface area contributed by atoms with Gasteiger partial charge in [-0.25, -0.2) is 4.79 Å². The van der Waals surface area contributed by atoms with Gasteiger partial charge in [-0.15, -0.1) is 16.8 Å². The Morgan fingerprint density at radius 1 is 1.21 bits per heavy atom. The lowest BCUT2D eigenvalue weighted by Crippen LogP contribution is -2.15. The molecule has 0 fully saturated rings. The third kappa shape index (κ3) is 5.11. The van der Waals surface area contributed by atoms with Crippen LogP contribution in [-0.4, -0.2) is 39.5 Å². The maximum atomic E-state index is 12.6. The van der Waals surface area contributed by atoms with Gasteiger partial charge in [0.25, 0.3) is 0 Å². The Morgan fingerprint density at radius 2 is 2.03 bits per heavy atom. The molecule has 174 valence electrons. The SMILES string of the molecule is C=CCn1c(SCC(=O)Nc2cc(C(=O)OC)ccc2Cl)nnc1-c1cc2cc(Cl)ccc2o1. The summed E-state index contributed by atoms with van der Waals surface area (Å²) in [5, 5.41) is 13.4. The molecule has 34 heavy (non-hydrogen) atoms. The van der Waals surface area contributed by atoms with Crippen LogP contribution in [0.1, 0.15) is 10.4 Å². The number of allylic oxidation sites excluding steroid dienone is 1. The van der Waals surface area contributed by atoms with Gasteiger partial charge >= 0.3 is 5.97 Å². The van der Waals surface area contributed by atoms with Gasteiger partial charge in [-0.2, -0.15) is 0 Å². The first-order valence-corrected chi connectivity index (χ1v) is 11.7. The molecular weight excluding hydrogens is 499 g/mol. The van der Waals surface area contributed by atoms with Gasteiger partial charge in [-0.05, 0) is 42.5 Å². The number of thioether (sulfide) groups is 1. The quantitative estimate of drug-likeness (QED) is 0.182. The number of ether oxygens (including phenoxy) is 1. The number of hydrogen-bond acceptors (Lipinski definition) is 7. The molecule has 0 atom stereocenters. The van der Waals surface area contributed by atoms with E-state index in [9.17, 15) is 9.59 Å². The first kappa shape index (κ1) is 23.9. The number of halogens is 2. The number of carbonyl (C=O) groups excluding carboxylic acids is 2. The number of anilines is 1. The van der Waals surface area contributed by atoms with Gasteiger partial charge in [-0.3, -0.25) is 9.36 Å². The summed E-state index contributed by atoms with van der Waals surface area (Å²) >= 11 is 13.4. The van der Waals surface area contributed by atoms with Crippen molar-refractivity contribution in [2.75, 3.05) is 18.2 Å². The number of esters is 1. The fourth-order valence-electron chi connectivity index (χ4n) is 3.18. The highest BCUT2D eigenvalue weighted by Crippen LogP contribution is 2.31. The van der Waals surface area contributed by atoms with Crippen molar-refractivity contribution in [3.8, 4) is 11.6 Å². The minimum Gasteiger partial charge on any atom is -0.465 e. The van der Waals surface area contributed by atoms with Crippen molar-refractivity contribution in [3.63, 3.8) is 0 Å². The van der Waals surface area contributed by atoms with Crippen LogP contribution in [0, 0.1) is 0 Å². The number of methoxy groups -OCH3 is 1. The Hall–Kier alpha value is -3.27. The highest BCUT2D eigenvalue weighted by Gasteiger charge is 2.19. The van der Waals surface area contributed by atoms with E-state index in [1.807, 2.05) is 6.07 Å². The normalized spacial score (nSPS) is 10.9. The Morgan fingerprint density at radius 3 is 2.79 bits per heavy atom. The summed E-state index contributed by atoms with van der Waals surface area (Å²) in [7, 11) is 1.28. The summed E-state index contributed by atoms with van der Waals surface area (Å²) in [6.45, 7) is 4.20. The van der Waals surface area contributed by atoms with Crippen LogP contribution in [0.2, 0.25) is 10.0 Å². The summed E-state index contributed by atoms with van der Waals surface area (Å²) in [5.41, 5.74) is 1.26. The monoisotopic (exact) mass is 516 g/mol. The smallest absolute Gasteiger partial charge is 0.337 e. The summed E-state index contributed by atoms with van der Waals surface area (Å²) in [6.07, 6.45) is 1.70. The average Bonchev–Trinajstić information content (AvgIpc) is 3.42. The summed E-state index contributed by atoms with van der Waals surface area (Å²) in [6, 6.07) is 11.7. The number of carbonyl (C=O) groups is 2. The zero-order valence-corrected chi connectivity index (χ0v) is 20.2. The molecule has 2 aromatic heterocycles. The first-order chi connectivity index (χ1) is 16.4. The van der Waals surface area contributed by atoms with E-state index in [-0.39, 0.29) is 17.2 Å². The maximum Gasteiger partial charge on any atom is 0.337 e. The van der Waals surface area contributed by atoms with Crippen molar-refractivity contribution in [3.05, 3.63) is 70.7 Å². The van der Waals surface area contributed by atoms with Gasteiger partial charge in [0, 0.05) is 17.0 Å². The molecular formula is C23H18Cl2N4O4S. The van der Waals surface area contributed by atoms with Crippen LogP contribution < -0.4 is 5.32 Å². The molecule has 1 N–H and O–H groups in total. The second-order valence-electron chi connectivity index (χ2n) is 7.02. The molecule has 0 bridgehead atoms. The van der Waals surface area contributed by atoms with Crippen molar-refractivity contribution < 1.29 is 18.7 Å². The van der Waals surface area contributed by atoms with E-state index < -0.39 is 5.97 Å². The molecule has 0 radical (unpaired) electrons. The standard InChI is InChI=1S/C23H18Cl2N4O4S/c1-3-8-29-21(19-11-14-9-15(24)5-7-18(14)33-19)27-28-23(29)34-12-20(30)26-17-10-13(22(31)32-2)4-6-16(17)25/h3-7,9-11H,1,8,12H2,2H3,(H,26,30). The van der Waals surface area contributed by atoms with Crippen molar-refractivity contribution in [2.45, 2.75) is 11.7 Å². The topological polar surface area (TPSA) is 99.2 Å². The number of fused-ring (bicyclic) bond motifs is 1. The molecule has 0 saturated carbocycles. The highest BCUT2D eigenvalue weighted by atomic mass is 35.5. The minimum absolute atomic E-state index is 0.0315. The number of aromatic nitrogens is 3. The van der Waals surface area contributed by atoms with Crippen LogP contribution in [0.3, 0.4) is 0 Å². The molecule has 2 heterocycles. The van der Waals surface area contributed by atoms with E-state index in [0.717, 1.165) is 5.39 Å². The lowest BCUT2D eigenvalue weighted by Gasteiger charge is -2.09. The molecule has 4 aromatic rings. The van der Waals surface area contributed by atoms with E-state index in [1.165, 1.54) is 37.1 Å². The van der Waals surface area contributed by atoms with Crippen molar-refractivity contribution >= 4 is 63.5 Å². The lowest BCUT2D eigenvalue weighted by molar-refractivity contribution is -0.113. The Kier molecular flexibility index (Phi) is 7.26. The summed E-state index contributed by atoms with van der Waals surface area (Å²) in [4.78, 5) is 24.3. The van der Waals surface area contributed by atoms with Gasteiger partial charge in [0.2, 0.25) is 11.7 Å². The molecule has 8 nitrogen and oxygen atoms in total. The van der Waals surface area contributed by atoms with E-state index in [0.29, 0.717) is 44.6 Å².